The molecule has 0 aliphatic carbocycles. The van der Waals surface area contributed by atoms with Crippen molar-refractivity contribution >= 4 is 11.5 Å². The van der Waals surface area contributed by atoms with Gasteiger partial charge >= 0.3 is 0 Å². The van der Waals surface area contributed by atoms with Gasteiger partial charge < -0.3 is 15.3 Å². The normalized spacial score (nSPS) is 18.9. The third-order valence-corrected chi connectivity index (χ3v) is 3.93. The van der Waals surface area contributed by atoms with Crippen LogP contribution in [-0.2, 0) is 0 Å². The highest BCUT2D eigenvalue weighted by atomic mass is 16.3. The summed E-state index contributed by atoms with van der Waals surface area (Å²) >= 11 is 0. The molecule has 1 saturated heterocycles. The van der Waals surface area contributed by atoms with E-state index in [0.717, 1.165) is 37.4 Å². The summed E-state index contributed by atoms with van der Waals surface area (Å²) in [5.74, 6) is 1.15. The summed E-state index contributed by atoms with van der Waals surface area (Å²) in [6, 6.07) is 6.15. The second-order valence-electron chi connectivity index (χ2n) is 5.28. The van der Waals surface area contributed by atoms with Crippen LogP contribution >= 0.6 is 0 Å². The van der Waals surface area contributed by atoms with Crippen LogP contribution in [0.1, 0.15) is 12.8 Å². The average molecular weight is 260 g/mol. The van der Waals surface area contributed by atoms with Crippen LogP contribution < -0.4 is 10.2 Å². The lowest BCUT2D eigenvalue weighted by Crippen LogP contribution is -2.49. The van der Waals surface area contributed by atoms with E-state index in [1.54, 1.807) is 0 Å². The van der Waals surface area contributed by atoms with Crippen molar-refractivity contribution in [2.24, 2.45) is 0 Å². The topological polar surface area (TPSA) is 52.8 Å². The van der Waals surface area contributed by atoms with Gasteiger partial charge in [0.25, 0.3) is 0 Å². The fraction of sp³-hybridized carbons (Fsp3) is 0.500. The van der Waals surface area contributed by atoms with Gasteiger partial charge in [-0.05, 0) is 32.0 Å². The van der Waals surface area contributed by atoms with Crippen LogP contribution in [0.5, 0.6) is 0 Å². The molecule has 1 aliphatic rings. The van der Waals surface area contributed by atoms with Crippen LogP contribution in [0.3, 0.4) is 0 Å². The van der Waals surface area contributed by atoms with Gasteiger partial charge in [-0.25, -0.2) is 4.98 Å². The maximum Gasteiger partial charge on any atom is 0.138 e. The van der Waals surface area contributed by atoms with Gasteiger partial charge in [0.15, 0.2) is 0 Å². The molecular weight excluding hydrogens is 240 g/mol. The van der Waals surface area contributed by atoms with E-state index in [9.17, 15) is 5.11 Å². The molecule has 2 aromatic heterocycles. The number of hydrogen-bond acceptors (Lipinski definition) is 4. The first-order chi connectivity index (χ1) is 9.22. The van der Waals surface area contributed by atoms with Crippen molar-refractivity contribution in [2.45, 2.75) is 18.4 Å². The maximum absolute atomic E-state index is 10.4. The molecule has 0 aromatic carbocycles. The zero-order valence-electron chi connectivity index (χ0n) is 11.2. The second-order valence-corrected chi connectivity index (χ2v) is 5.28. The van der Waals surface area contributed by atoms with Crippen LogP contribution in [0.2, 0.25) is 0 Å². The minimum atomic E-state index is -0.561. The van der Waals surface area contributed by atoms with Gasteiger partial charge in [0, 0.05) is 32.0 Å². The molecule has 0 bridgehead atoms. The molecule has 0 radical (unpaired) electrons. The molecule has 5 nitrogen and oxygen atoms in total. The molecule has 0 saturated carbocycles. The van der Waals surface area contributed by atoms with E-state index in [1.807, 2.05) is 31.6 Å². The molecule has 1 fully saturated rings. The molecule has 0 spiro atoms. The second kappa shape index (κ2) is 4.83. The van der Waals surface area contributed by atoms with E-state index in [4.69, 9.17) is 0 Å². The summed E-state index contributed by atoms with van der Waals surface area (Å²) in [5, 5.41) is 13.5. The minimum absolute atomic E-state index is 0.561. The number of rotatable bonds is 3. The van der Waals surface area contributed by atoms with E-state index in [-0.39, 0.29) is 0 Å². The Morgan fingerprint density at radius 1 is 1.37 bits per heavy atom. The molecule has 0 atom stereocenters. The summed E-state index contributed by atoms with van der Waals surface area (Å²) in [6.45, 7) is 2.40. The summed E-state index contributed by atoms with van der Waals surface area (Å²) in [7, 11) is 1.89. The Balaban J connectivity index is 1.80. The van der Waals surface area contributed by atoms with Crippen molar-refractivity contribution in [3.05, 3.63) is 30.6 Å². The van der Waals surface area contributed by atoms with Crippen LogP contribution in [0.15, 0.2) is 30.6 Å². The average Bonchev–Trinajstić information content (AvgIpc) is 2.88. The van der Waals surface area contributed by atoms with Gasteiger partial charge in [-0.1, -0.05) is 6.07 Å². The Kier molecular flexibility index (Phi) is 3.16. The van der Waals surface area contributed by atoms with Crippen molar-refractivity contribution < 1.29 is 5.11 Å². The molecule has 2 N–H and O–H groups in total. The van der Waals surface area contributed by atoms with Gasteiger partial charge in [-0.2, -0.15) is 0 Å². The minimum Gasteiger partial charge on any atom is -0.388 e. The van der Waals surface area contributed by atoms with Gasteiger partial charge in [-0.3, -0.25) is 4.40 Å². The zero-order valence-corrected chi connectivity index (χ0v) is 11.2. The number of imidazole rings is 1. The lowest BCUT2D eigenvalue weighted by atomic mass is 9.91. The molecule has 2 aromatic rings. The molecule has 102 valence electrons. The summed E-state index contributed by atoms with van der Waals surface area (Å²) in [6.07, 6.45) is 5.39. The van der Waals surface area contributed by atoms with E-state index < -0.39 is 5.60 Å². The van der Waals surface area contributed by atoms with Crippen molar-refractivity contribution in [2.75, 3.05) is 31.6 Å². The largest absolute Gasteiger partial charge is 0.388 e. The summed E-state index contributed by atoms with van der Waals surface area (Å²) < 4.78 is 2.10. The fourth-order valence-corrected chi connectivity index (χ4v) is 2.85. The molecule has 1 aliphatic heterocycles. The zero-order chi connectivity index (χ0) is 13.3. The Hall–Kier alpha value is -1.59. The van der Waals surface area contributed by atoms with Crippen molar-refractivity contribution in [1.29, 1.82) is 0 Å². The third kappa shape index (κ3) is 2.31. The highest BCUT2D eigenvalue weighted by molar-refractivity contribution is 5.51. The number of nitrogens with zero attached hydrogens (tertiary/aromatic N) is 3. The fourth-order valence-electron chi connectivity index (χ4n) is 2.85. The van der Waals surface area contributed by atoms with Crippen molar-refractivity contribution in [1.82, 2.24) is 14.7 Å². The number of pyridine rings is 1. The molecule has 5 heteroatoms. The molecule has 0 unspecified atom stereocenters. The van der Waals surface area contributed by atoms with Crippen molar-refractivity contribution in [3.63, 3.8) is 0 Å². The van der Waals surface area contributed by atoms with Crippen LogP contribution in [-0.4, -0.2) is 46.8 Å². The SMILES string of the molecule is CNCC1(O)CCN(c2cccc3nccn23)CC1. The van der Waals surface area contributed by atoms with Gasteiger partial charge in [-0.15, -0.1) is 0 Å². The van der Waals surface area contributed by atoms with Crippen molar-refractivity contribution in [3.8, 4) is 0 Å². The highest BCUT2D eigenvalue weighted by Crippen LogP contribution is 2.26. The quantitative estimate of drug-likeness (QED) is 0.860. The van der Waals surface area contributed by atoms with E-state index in [0.29, 0.717) is 6.54 Å². The van der Waals surface area contributed by atoms with E-state index in [2.05, 4.69) is 25.7 Å². The molecule has 19 heavy (non-hydrogen) atoms. The first-order valence-electron chi connectivity index (χ1n) is 6.76. The summed E-state index contributed by atoms with van der Waals surface area (Å²) in [5.41, 5.74) is 0.405. The first-order valence-corrected chi connectivity index (χ1v) is 6.76. The predicted molar refractivity (Wildman–Crippen MR) is 75.5 cm³/mol. The standard InChI is InChI=1S/C14H20N4O/c1-15-11-14(19)5-8-17(9-6-14)13-4-2-3-12-16-7-10-18(12)13/h2-4,7,10,15,19H,5-6,8-9,11H2,1H3. The number of fused-ring (bicyclic) bond motifs is 1. The number of anilines is 1. The Morgan fingerprint density at radius 3 is 2.89 bits per heavy atom. The lowest BCUT2D eigenvalue weighted by molar-refractivity contribution is 0.0184. The lowest BCUT2D eigenvalue weighted by Gasteiger charge is -2.39. The smallest absolute Gasteiger partial charge is 0.138 e. The first kappa shape index (κ1) is 12.4. The third-order valence-electron chi connectivity index (χ3n) is 3.93. The Labute approximate surface area is 112 Å². The van der Waals surface area contributed by atoms with Gasteiger partial charge in [0.1, 0.15) is 11.5 Å². The molecule has 3 heterocycles. The van der Waals surface area contributed by atoms with Gasteiger partial charge in [0.2, 0.25) is 0 Å². The molecule has 0 amide bonds. The Morgan fingerprint density at radius 2 is 2.16 bits per heavy atom. The van der Waals surface area contributed by atoms with Crippen LogP contribution in [0.4, 0.5) is 5.82 Å². The molecular formula is C14H20N4O. The summed E-state index contributed by atoms with van der Waals surface area (Å²) in [4.78, 5) is 6.63. The van der Waals surface area contributed by atoms with Crippen LogP contribution in [0, 0.1) is 0 Å². The number of likely N-dealkylation sites (N-methyl/N-ethyl adjacent to an activating group) is 1. The maximum atomic E-state index is 10.4. The number of nitrogens with one attached hydrogen (secondary N) is 1. The number of aliphatic hydroxyl groups is 1. The highest BCUT2D eigenvalue weighted by Gasteiger charge is 2.32. The predicted octanol–water partition coefficient (Wildman–Crippen LogP) is 0.885. The van der Waals surface area contributed by atoms with Crippen LogP contribution in [0.25, 0.3) is 5.65 Å². The van der Waals surface area contributed by atoms with Gasteiger partial charge in [0.05, 0.1) is 5.60 Å². The van der Waals surface area contributed by atoms with E-state index >= 15 is 0 Å². The Bertz CT molecular complexity index is 557. The monoisotopic (exact) mass is 260 g/mol. The van der Waals surface area contributed by atoms with E-state index in [1.165, 1.54) is 0 Å². The number of hydrogen-bond donors (Lipinski definition) is 2. The number of aromatic nitrogens is 2. The number of piperidine rings is 1. The molecule has 3 rings (SSSR count).